The molecule has 1 amide bonds. The second-order valence-corrected chi connectivity index (χ2v) is 5.84. The topological polar surface area (TPSA) is 46.6 Å². The van der Waals surface area contributed by atoms with Crippen molar-refractivity contribution in [2.75, 3.05) is 0 Å². The van der Waals surface area contributed by atoms with Crippen LogP contribution in [0.3, 0.4) is 0 Å². The van der Waals surface area contributed by atoms with Gasteiger partial charge in [-0.25, -0.2) is 4.79 Å². The Bertz CT molecular complexity index is 714. The lowest BCUT2D eigenvalue weighted by Crippen LogP contribution is -2.49. The van der Waals surface area contributed by atoms with E-state index in [4.69, 9.17) is 4.74 Å². The third-order valence-corrected chi connectivity index (χ3v) is 4.44. The number of benzene rings is 2. The molecule has 0 radical (unpaired) electrons. The van der Waals surface area contributed by atoms with Crippen molar-refractivity contribution in [3.05, 3.63) is 71.8 Å². The number of hydrogen-bond donors (Lipinski definition) is 0. The van der Waals surface area contributed by atoms with Crippen molar-refractivity contribution in [2.24, 2.45) is 0 Å². The molecule has 4 heteroatoms. The molecule has 3 rings (SSSR count). The van der Waals surface area contributed by atoms with Crippen molar-refractivity contribution < 1.29 is 14.3 Å². The molecule has 0 aromatic heterocycles. The first kappa shape index (κ1) is 15.3. The fourth-order valence-electron chi connectivity index (χ4n) is 2.84. The molecule has 0 aliphatic carbocycles. The van der Waals surface area contributed by atoms with Crippen molar-refractivity contribution in [3.8, 4) is 0 Å². The van der Waals surface area contributed by atoms with Crippen molar-refractivity contribution in [2.45, 2.75) is 32.0 Å². The second kappa shape index (κ2) is 5.88. The fraction of sp³-hybridized carbons (Fsp3) is 0.263. The van der Waals surface area contributed by atoms with Gasteiger partial charge < -0.3 is 4.74 Å². The van der Waals surface area contributed by atoms with Crippen LogP contribution in [-0.4, -0.2) is 22.3 Å². The van der Waals surface area contributed by atoms with Gasteiger partial charge in [0, 0.05) is 11.1 Å². The van der Waals surface area contributed by atoms with Crippen LogP contribution in [0.25, 0.3) is 0 Å². The van der Waals surface area contributed by atoms with Gasteiger partial charge >= 0.3 is 5.97 Å². The molecule has 1 aliphatic rings. The Morgan fingerprint density at radius 2 is 1.65 bits per heavy atom. The van der Waals surface area contributed by atoms with E-state index < -0.39 is 11.8 Å². The van der Waals surface area contributed by atoms with Gasteiger partial charge in [0.15, 0.2) is 0 Å². The Morgan fingerprint density at radius 1 is 1.09 bits per heavy atom. The summed E-state index contributed by atoms with van der Waals surface area (Å²) in [5, 5.41) is 0. The van der Waals surface area contributed by atoms with Gasteiger partial charge in [-0.1, -0.05) is 55.5 Å². The predicted molar refractivity (Wildman–Crippen MR) is 86.6 cm³/mol. The van der Waals surface area contributed by atoms with E-state index in [0.717, 1.165) is 5.56 Å². The summed E-state index contributed by atoms with van der Waals surface area (Å²) in [7, 11) is 0. The van der Waals surface area contributed by atoms with E-state index in [9.17, 15) is 9.59 Å². The zero-order valence-corrected chi connectivity index (χ0v) is 13.2. The molecule has 1 unspecified atom stereocenters. The summed E-state index contributed by atoms with van der Waals surface area (Å²) in [6, 6.07) is 18.4. The van der Waals surface area contributed by atoms with E-state index in [2.05, 4.69) is 0 Å². The molecule has 0 saturated carbocycles. The number of carbonyl (C=O) groups is 2. The minimum atomic E-state index is -0.965. The summed E-state index contributed by atoms with van der Waals surface area (Å²) < 4.78 is 5.58. The Balaban J connectivity index is 2.07. The molecule has 0 N–H and O–H groups in total. The zero-order valence-electron chi connectivity index (χ0n) is 13.2. The molecule has 118 valence electrons. The highest BCUT2D eigenvalue weighted by Gasteiger charge is 2.53. The van der Waals surface area contributed by atoms with Gasteiger partial charge in [0.05, 0.1) is 0 Å². The van der Waals surface area contributed by atoms with Gasteiger partial charge in [-0.3, -0.25) is 9.69 Å². The van der Waals surface area contributed by atoms with E-state index in [-0.39, 0.29) is 11.9 Å². The number of esters is 1. The largest absolute Gasteiger partial charge is 0.435 e. The maximum atomic E-state index is 13.0. The molecule has 23 heavy (non-hydrogen) atoms. The summed E-state index contributed by atoms with van der Waals surface area (Å²) in [5.74, 6) is -0.562. The number of nitrogens with zero attached hydrogens (tertiary/aromatic N) is 1. The standard InChI is InChI=1S/C19H19NO3/c1-3-19(2)18(22)23-17(15-12-8-5-9-13-15)20(19)16(21)14-10-6-4-7-11-14/h4-13,17H,3H2,1-2H3/t17?,19-/m1/s1. The molecule has 2 atom stereocenters. The van der Waals surface area contributed by atoms with Crippen LogP contribution in [0.15, 0.2) is 60.7 Å². The molecule has 2 aromatic rings. The molecule has 1 heterocycles. The van der Waals surface area contributed by atoms with E-state index in [0.29, 0.717) is 12.0 Å². The normalized spacial score (nSPS) is 23.7. The molecular weight excluding hydrogens is 290 g/mol. The predicted octanol–water partition coefficient (Wildman–Crippen LogP) is 3.55. The smallest absolute Gasteiger partial charge is 0.334 e. The number of hydrogen-bond acceptors (Lipinski definition) is 3. The van der Waals surface area contributed by atoms with Crippen molar-refractivity contribution in [3.63, 3.8) is 0 Å². The van der Waals surface area contributed by atoms with Crippen LogP contribution in [0.5, 0.6) is 0 Å². The summed E-state index contributed by atoms with van der Waals surface area (Å²) in [5.41, 5.74) is 0.377. The molecular formula is C19H19NO3. The van der Waals surface area contributed by atoms with Gasteiger partial charge in [0.1, 0.15) is 5.54 Å². The third-order valence-electron chi connectivity index (χ3n) is 4.44. The van der Waals surface area contributed by atoms with Crippen LogP contribution in [0.4, 0.5) is 0 Å². The quantitative estimate of drug-likeness (QED) is 0.815. The minimum absolute atomic E-state index is 0.199. The second-order valence-electron chi connectivity index (χ2n) is 5.84. The van der Waals surface area contributed by atoms with E-state index >= 15 is 0 Å². The Hall–Kier alpha value is -2.62. The molecule has 1 saturated heterocycles. The zero-order chi connectivity index (χ0) is 16.4. The molecule has 1 fully saturated rings. The van der Waals surface area contributed by atoms with E-state index in [1.54, 1.807) is 24.0 Å². The van der Waals surface area contributed by atoms with Crippen LogP contribution in [0.2, 0.25) is 0 Å². The molecule has 0 spiro atoms. The highest BCUT2D eigenvalue weighted by atomic mass is 16.6. The van der Waals surface area contributed by atoms with Gasteiger partial charge in [-0.2, -0.15) is 0 Å². The average molecular weight is 309 g/mol. The summed E-state index contributed by atoms with van der Waals surface area (Å²) in [6.07, 6.45) is -0.199. The summed E-state index contributed by atoms with van der Waals surface area (Å²) in [4.78, 5) is 27.1. The Labute approximate surface area is 135 Å². The number of carbonyl (C=O) groups excluding carboxylic acids is 2. The molecule has 1 aliphatic heterocycles. The summed E-state index contributed by atoms with van der Waals surface area (Å²) in [6.45, 7) is 3.65. The fourth-order valence-corrected chi connectivity index (χ4v) is 2.84. The Morgan fingerprint density at radius 3 is 2.22 bits per heavy atom. The lowest BCUT2D eigenvalue weighted by Gasteiger charge is -2.33. The van der Waals surface area contributed by atoms with Crippen LogP contribution < -0.4 is 0 Å². The molecule has 4 nitrogen and oxygen atoms in total. The first-order valence-corrected chi connectivity index (χ1v) is 7.72. The SMILES string of the molecule is CC[C@]1(C)C(=O)OC(c2ccccc2)N1C(=O)c1ccccc1. The maximum absolute atomic E-state index is 13.0. The summed E-state index contributed by atoms with van der Waals surface area (Å²) >= 11 is 0. The lowest BCUT2D eigenvalue weighted by molar-refractivity contribution is -0.145. The van der Waals surface area contributed by atoms with Crippen molar-refractivity contribution in [1.82, 2.24) is 4.90 Å². The van der Waals surface area contributed by atoms with E-state index in [1.165, 1.54) is 0 Å². The minimum Gasteiger partial charge on any atom is -0.435 e. The van der Waals surface area contributed by atoms with Crippen molar-refractivity contribution in [1.29, 1.82) is 0 Å². The third kappa shape index (κ3) is 2.50. The molecule has 0 bridgehead atoms. The number of amides is 1. The highest BCUT2D eigenvalue weighted by molar-refractivity contribution is 5.99. The van der Waals surface area contributed by atoms with Crippen LogP contribution in [0.1, 0.15) is 42.4 Å². The van der Waals surface area contributed by atoms with Gasteiger partial charge in [-0.05, 0) is 25.5 Å². The lowest BCUT2D eigenvalue weighted by atomic mass is 9.96. The van der Waals surface area contributed by atoms with Crippen LogP contribution in [-0.2, 0) is 9.53 Å². The van der Waals surface area contributed by atoms with Gasteiger partial charge in [-0.15, -0.1) is 0 Å². The van der Waals surface area contributed by atoms with Crippen molar-refractivity contribution >= 4 is 11.9 Å². The molecule has 2 aromatic carbocycles. The maximum Gasteiger partial charge on any atom is 0.334 e. The first-order chi connectivity index (χ1) is 11.1. The highest BCUT2D eigenvalue weighted by Crippen LogP contribution is 2.40. The Kier molecular flexibility index (Phi) is 3.90. The van der Waals surface area contributed by atoms with Crippen LogP contribution in [0, 0.1) is 0 Å². The number of rotatable bonds is 3. The average Bonchev–Trinajstić information content (AvgIpc) is 2.88. The first-order valence-electron chi connectivity index (χ1n) is 7.72. The van der Waals surface area contributed by atoms with E-state index in [1.807, 2.05) is 55.5 Å². The monoisotopic (exact) mass is 309 g/mol. The number of cyclic esters (lactones) is 1. The van der Waals surface area contributed by atoms with Crippen LogP contribution >= 0.6 is 0 Å². The van der Waals surface area contributed by atoms with Gasteiger partial charge in [0.25, 0.3) is 5.91 Å². The van der Waals surface area contributed by atoms with Gasteiger partial charge in [0.2, 0.25) is 6.23 Å². The number of ether oxygens (including phenoxy) is 1.